The fourth-order valence-corrected chi connectivity index (χ4v) is 8.52. The highest BCUT2D eigenvalue weighted by Crippen LogP contribution is 2.42. The molecule has 0 aliphatic carbocycles. The highest BCUT2D eigenvalue weighted by atomic mass is 16.5. The van der Waals surface area contributed by atoms with Crippen molar-refractivity contribution in [3.05, 3.63) is 145 Å². The third-order valence-corrected chi connectivity index (χ3v) is 11.9. The standard InChI is InChI=1S/C48H50N8O5/c1-27(2)40(54-48(59)61-6)47(58)56-26-35(21-23-60-5)29(4)43(56)45-51-37-19-17-34-24-33(16-18-36(34)41(37)53-45)30-12-14-31(15-13-30)38-25-50-44(52-38)42-28(3)20-22-55(42)46(57)39(49)32-10-8-7-9-11-32/h7-19,21,23-25,27,35,39-40,42-43H,3-4,20,22,26,49H2,1-2,5-6H3,(H,50,52)(H,51,53)(H,54,59). The number of aromatic nitrogens is 4. The molecule has 5 N–H and O–H groups in total. The molecule has 4 aromatic carbocycles. The number of amides is 3. The van der Waals surface area contributed by atoms with Gasteiger partial charge in [0, 0.05) is 24.4 Å². The van der Waals surface area contributed by atoms with E-state index in [2.05, 4.69) is 77.0 Å². The van der Waals surface area contributed by atoms with Gasteiger partial charge in [0.1, 0.15) is 35.8 Å². The number of benzene rings is 4. The summed E-state index contributed by atoms with van der Waals surface area (Å²) < 4.78 is 10.0. The van der Waals surface area contributed by atoms with Gasteiger partial charge >= 0.3 is 6.09 Å². The fraction of sp³-hybridized carbons (Fsp3) is 0.271. The van der Waals surface area contributed by atoms with Crippen molar-refractivity contribution in [3.8, 4) is 22.4 Å². The molecule has 8 rings (SSSR count). The van der Waals surface area contributed by atoms with Gasteiger partial charge in [-0.05, 0) is 69.3 Å². The summed E-state index contributed by atoms with van der Waals surface area (Å²) in [6.07, 6.45) is 5.28. The van der Waals surface area contributed by atoms with Crippen LogP contribution in [0.4, 0.5) is 4.79 Å². The minimum absolute atomic E-state index is 0.157. The Bertz CT molecular complexity index is 2660. The molecule has 0 saturated carbocycles. The van der Waals surface area contributed by atoms with Crippen LogP contribution in [0.1, 0.15) is 55.6 Å². The zero-order chi connectivity index (χ0) is 42.9. The van der Waals surface area contributed by atoms with Gasteiger partial charge in [-0.15, -0.1) is 0 Å². The van der Waals surface area contributed by atoms with Gasteiger partial charge in [0.05, 0.1) is 43.4 Å². The van der Waals surface area contributed by atoms with Crippen molar-refractivity contribution < 1.29 is 23.9 Å². The number of nitrogens with zero attached hydrogens (tertiary/aromatic N) is 4. The van der Waals surface area contributed by atoms with Crippen molar-refractivity contribution in [2.75, 3.05) is 27.3 Å². The molecule has 2 aromatic heterocycles. The Balaban J connectivity index is 1.03. The monoisotopic (exact) mass is 818 g/mol. The van der Waals surface area contributed by atoms with Crippen molar-refractivity contribution in [3.63, 3.8) is 0 Å². The molecule has 2 aliphatic heterocycles. The van der Waals surface area contributed by atoms with Gasteiger partial charge in [-0.3, -0.25) is 9.59 Å². The molecule has 312 valence electrons. The van der Waals surface area contributed by atoms with E-state index >= 15 is 0 Å². The molecule has 3 amide bonds. The Kier molecular flexibility index (Phi) is 11.3. The van der Waals surface area contributed by atoms with Gasteiger partial charge in [0.2, 0.25) is 11.8 Å². The predicted molar refractivity (Wildman–Crippen MR) is 236 cm³/mol. The third kappa shape index (κ3) is 7.80. The number of aromatic amines is 2. The normalized spacial score (nSPS) is 19.0. The fourth-order valence-electron chi connectivity index (χ4n) is 8.52. The number of methoxy groups -OCH3 is 2. The summed E-state index contributed by atoms with van der Waals surface area (Å²) in [5.41, 5.74) is 14.4. The van der Waals surface area contributed by atoms with Gasteiger partial charge in [-0.1, -0.05) is 99.8 Å². The Hall–Kier alpha value is -6.99. The van der Waals surface area contributed by atoms with Gasteiger partial charge in [0.25, 0.3) is 0 Å². The minimum Gasteiger partial charge on any atom is -0.505 e. The van der Waals surface area contributed by atoms with Crippen LogP contribution in [-0.2, 0) is 19.1 Å². The smallest absolute Gasteiger partial charge is 0.407 e. The zero-order valence-corrected chi connectivity index (χ0v) is 34.7. The number of imidazole rings is 2. The first-order valence-corrected chi connectivity index (χ1v) is 20.4. The maximum atomic E-state index is 14.1. The number of ether oxygens (including phenoxy) is 2. The molecule has 2 saturated heterocycles. The molecule has 2 fully saturated rings. The van der Waals surface area contributed by atoms with E-state index in [0.717, 1.165) is 60.9 Å². The average Bonchev–Trinajstić information content (AvgIpc) is 4.09. The van der Waals surface area contributed by atoms with E-state index in [1.54, 1.807) is 29.4 Å². The molecule has 13 nitrogen and oxygen atoms in total. The third-order valence-electron chi connectivity index (χ3n) is 11.9. The van der Waals surface area contributed by atoms with Crippen molar-refractivity contribution in [2.24, 2.45) is 17.6 Å². The molecule has 6 aromatic rings. The second kappa shape index (κ2) is 16.9. The first-order chi connectivity index (χ1) is 29.5. The van der Waals surface area contributed by atoms with E-state index in [0.29, 0.717) is 31.2 Å². The highest BCUT2D eigenvalue weighted by Gasteiger charge is 2.43. The number of hydrogen-bond donors (Lipinski definition) is 4. The molecular weight excluding hydrogens is 769 g/mol. The minimum atomic E-state index is -0.812. The molecular formula is C48H50N8O5. The van der Waals surface area contributed by atoms with E-state index in [-0.39, 0.29) is 29.7 Å². The predicted octanol–water partition coefficient (Wildman–Crippen LogP) is 7.90. The number of alkyl carbamates (subject to hydrolysis) is 1. The molecule has 5 unspecified atom stereocenters. The van der Waals surface area contributed by atoms with E-state index in [1.807, 2.05) is 56.3 Å². The maximum absolute atomic E-state index is 14.1. The van der Waals surface area contributed by atoms with Crippen molar-refractivity contribution in [2.45, 2.75) is 44.4 Å². The van der Waals surface area contributed by atoms with Crippen molar-refractivity contribution in [1.29, 1.82) is 0 Å². The summed E-state index contributed by atoms with van der Waals surface area (Å²) in [5.74, 6) is 0.449. The quantitative estimate of drug-likeness (QED) is 0.0755. The number of carbonyl (C=O) groups is 3. The first kappa shape index (κ1) is 40.8. The van der Waals surface area contributed by atoms with Crippen LogP contribution in [-0.4, -0.2) is 81.0 Å². The SMILES string of the molecule is C=C1CCN(C(=O)C(N)c2ccccc2)C1c1ncc(-c2ccc(-c3ccc4c(ccc5[nH]c(C6C(=C)C(C=COC)CN6C(=O)C(NC(=O)OC)C(C)C)nc54)c3)cc2)[nH]1. The van der Waals surface area contributed by atoms with Gasteiger partial charge in [0.15, 0.2) is 0 Å². The van der Waals surface area contributed by atoms with Gasteiger partial charge < -0.3 is 40.3 Å². The van der Waals surface area contributed by atoms with E-state index in [1.165, 1.54) is 7.11 Å². The Morgan fingerprint density at radius 1 is 0.885 bits per heavy atom. The molecule has 5 atom stereocenters. The summed E-state index contributed by atoms with van der Waals surface area (Å²) >= 11 is 0. The van der Waals surface area contributed by atoms with Crippen LogP contribution in [0.5, 0.6) is 0 Å². The molecule has 2 aliphatic rings. The van der Waals surface area contributed by atoms with Crippen LogP contribution >= 0.6 is 0 Å². The topological polar surface area (TPSA) is 172 Å². The van der Waals surface area contributed by atoms with Crippen molar-refractivity contribution in [1.82, 2.24) is 35.1 Å². The van der Waals surface area contributed by atoms with Crippen molar-refractivity contribution >= 4 is 39.7 Å². The summed E-state index contributed by atoms with van der Waals surface area (Å²) in [4.78, 5) is 60.2. The Morgan fingerprint density at radius 3 is 2.34 bits per heavy atom. The second-order valence-electron chi connectivity index (χ2n) is 16.0. The number of hydrogen-bond acceptors (Lipinski definition) is 8. The van der Waals surface area contributed by atoms with Gasteiger partial charge in [-0.25, -0.2) is 14.8 Å². The van der Waals surface area contributed by atoms with Crippen LogP contribution in [0.3, 0.4) is 0 Å². The Morgan fingerprint density at radius 2 is 1.62 bits per heavy atom. The number of fused-ring (bicyclic) bond motifs is 3. The van der Waals surface area contributed by atoms with Gasteiger partial charge in [-0.2, -0.15) is 0 Å². The molecule has 0 bridgehead atoms. The maximum Gasteiger partial charge on any atom is 0.407 e. The summed E-state index contributed by atoms with van der Waals surface area (Å²) in [6, 6.07) is 25.5. The number of nitrogens with two attached hydrogens (primary N) is 1. The first-order valence-electron chi connectivity index (χ1n) is 20.4. The number of rotatable bonds is 11. The number of nitrogens with one attached hydrogen (secondary N) is 3. The number of carbonyl (C=O) groups excluding carboxylic acids is 3. The molecule has 61 heavy (non-hydrogen) atoms. The zero-order valence-electron chi connectivity index (χ0n) is 34.7. The lowest BCUT2D eigenvalue weighted by molar-refractivity contribution is -0.135. The van der Waals surface area contributed by atoms with E-state index in [9.17, 15) is 14.4 Å². The largest absolute Gasteiger partial charge is 0.505 e. The van der Waals surface area contributed by atoms with Crippen LogP contribution in [0.2, 0.25) is 0 Å². The Labute approximate surface area is 354 Å². The lowest BCUT2D eigenvalue weighted by Crippen LogP contribution is -2.51. The number of H-pyrrole nitrogens is 2. The van der Waals surface area contributed by atoms with E-state index < -0.39 is 24.2 Å². The van der Waals surface area contributed by atoms with Crippen LogP contribution in [0, 0.1) is 11.8 Å². The average molecular weight is 819 g/mol. The van der Waals surface area contributed by atoms with Crippen LogP contribution in [0.15, 0.2) is 128 Å². The van der Waals surface area contributed by atoms with Crippen LogP contribution < -0.4 is 11.1 Å². The summed E-state index contributed by atoms with van der Waals surface area (Å²) in [7, 11) is 2.85. The highest BCUT2D eigenvalue weighted by molar-refractivity contribution is 6.05. The summed E-state index contributed by atoms with van der Waals surface area (Å²) in [5, 5.41) is 4.68. The van der Waals surface area contributed by atoms with E-state index in [4.69, 9.17) is 25.2 Å². The molecule has 13 heteroatoms. The summed E-state index contributed by atoms with van der Waals surface area (Å²) in [6.45, 7) is 13.3. The molecule has 0 radical (unpaired) electrons. The second-order valence-corrected chi connectivity index (χ2v) is 16.0. The van der Waals surface area contributed by atoms with Crippen LogP contribution in [0.25, 0.3) is 44.2 Å². The lowest BCUT2D eigenvalue weighted by Gasteiger charge is -2.30. The molecule has 4 heterocycles. The number of likely N-dealkylation sites (tertiary alicyclic amines) is 2. The molecule has 0 spiro atoms. The lowest BCUT2D eigenvalue weighted by atomic mass is 9.99.